The number of rotatable bonds is 3. The van der Waals surface area contributed by atoms with Gasteiger partial charge in [-0.05, 0) is 23.3 Å². The van der Waals surface area contributed by atoms with E-state index < -0.39 is 0 Å². The summed E-state index contributed by atoms with van der Waals surface area (Å²) in [7, 11) is 0. The summed E-state index contributed by atoms with van der Waals surface area (Å²) in [5, 5.41) is 0. The van der Waals surface area contributed by atoms with Crippen molar-refractivity contribution >= 4 is 16.9 Å². The van der Waals surface area contributed by atoms with Crippen LogP contribution in [0.4, 0.5) is 0 Å². The molecule has 1 aromatic heterocycles. The standard InChI is InChI=1S/C23H19N3O/c27-21-16-25-20-14-8-7-13-19(20)24-23(25)22(18-11-5-2-6-12-18)26(21)15-17-9-3-1-4-10-17/h1-14,22H,15-16H2. The molecular weight excluding hydrogens is 334 g/mol. The molecule has 0 bridgehead atoms. The molecule has 0 saturated carbocycles. The summed E-state index contributed by atoms with van der Waals surface area (Å²) in [5.41, 5.74) is 4.15. The van der Waals surface area contributed by atoms with Crippen LogP contribution in [0.1, 0.15) is 23.0 Å². The molecule has 0 spiro atoms. The van der Waals surface area contributed by atoms with Gasteiger partial charge in [0.25, 0.3) is 0 Å². The lowest BCUT2D eigenvalue weighted by Crippen LogP contribution is -2.43. The van der Waals surface area contributed by atoms with Gasteiger partial charge < -0.3 is 9.47 Å². The molecule has 2 heterocycles. The quantitative estimate of drug-likeness (QED) is 0.554. The largest absolute Gasteiger partial charge is 0.323 e. The Balaban J connectivity index is 1.68. The van der Waals surface area contributed by atoms with E-state index >= 15 is 0 Å². The summed E-state index contributed by atoms with van der Waals surface area (Å²) in [4.78, 5) is 20.0. The summed E-state index contributed by atoms with van der Waals surface area (Å²) in [6.07, 6.45) is 0. The van der Waals surface area contributed by atoms with E-state index in [0.717, 1.165) is 28.0 Å². The van der Waals surface area contributed by atoms with Gasteiger partial charge in [0.1, 0.15) is 18.4 Å². The Kier molecular flexibility index (Phi) is 3.75. The van der Waals surface area contributed by atoms with Crippen LogP contribution in [0.5, 0.6) is 0 Å². The number of imidazole rings is 1. The van der Waals surface area contributed by atoms with Crippen LogP contribution >= 0.6 is 0 Å². The van der Waals surface area contributed by atoms with Gasteiger partial charge >= 0.3 is 0 Å². The third-order valence-corrected chi connectivity index (χ3v) is 5.17. The zero-order valence-electron chi connectivity index (χ0n) is 14.8. The number of benzene rings is 3. The second kappa shape index (κ2) is 6.40. The molecule has 0 saturated heterocycles. The monoisotopic (exact) mass is 353 g/mol. The number of carbonyl (C=O) groups excluding carboxylic acids is 1. The van der Waals surface area contributed by atoms with Crippen molar-refractivity contribution in [2.75, 3.05) is 0 Å². The van der Waals surface area contributed by atoms with Gasteiger partial charge in [-0.1, -0.05) is 72.8 Å². The van der Waals surface area contributed by atoms with Crippen molar-refractivity contribution in [3.05, 3.63) is 102 Å². The first-order valence-corrected chi connectivity index (χ1v) is 9.15. The van der Waals surface area contributed by atoms with Gasteiger partial charge in [-0.3, -0.25) is 4.79 Å². The Morgan fingerprint density at radius 1 is 0.852 bits per heavy atom. The molecule has 1 aliphatic rings. The fraction of sp³-hybridized carbons (Fsp3) is 0.130. The Morgan fingerprint density at radius 3 is 2.30 bits per heavy atom. The lowest BCUT2D eigenvalue weighted by atomic mass is 10.0. The van der Waals surface area contributed by atoms with Gasteiger partial charge in [0.2, 0.25) is 5.91 Å². The maximum atomic E-state index is 13.2. The number of nitrogens with zero attached hydrogens (tertiary/aromatic N) is 3. The molecule has 3 aromatic carbocycles. The van der Waals surface area contributed by atoms with Gasteiger partial charge in [-0.2, -0.15) is 0 Å². The number of amides is 1. The summed E-state index contributed by atoms with van der Waals surface area (Å²) < 4.78 is 2.07. The zero-order chi connectivity index (χ0) is 18.2. The van der Waals surface area contributed by atoms with Gasteiger partial charge in [0.15, 0.2) is 0 Å². The van der Waals surface area contributed by atoms with Crippen LogP contribution in [-0.2, 0) is 17.9 Å². The summed E-state index contributed by atoms with van der Waals surface area (Å²) >= 11 is 0. The van der Waals surface area contributed by atoms with E-state index in [2.05, 4.69) is 28.8 Å². The number of hydrogen-bond donors (Lipinski definition) is 0. The highest BCUT2D eigenvalue weighted by Crippen LogP contribution is 2.35. The summed E-state index contributed by atoms with van der Waals surface area (Å²) in [5.74, 6) is 1.04. The summed E-state index contributed by atoms with van der Waals surface area (Å²) in [6, 6.07) is 28.2. The molecule has 1 amide bonds. The smallest absolute Gasteiger partial charge is 0.243 e. The Labute approximate surface area is 157 Å². The van der Waals surface area contributed by atoms with E-state index in [1.54, 1.807) is 0 Å². The Bertz CT molecular complexity index is 1100. The van der Waals surface area contributed by atoms with Gasteiger partial charge in [0.05, 0.1) is 11.0 Å². The molecular formula is C23H19N3O. The highest BCUT2D eigenvalue weighted by Gasteiger charge is 2.36. The average Bonchev–Trinajstić information content (AvgIpc) is 3.08. The fourth-order valence-corrected chi connectivity index (χ4v) is 3.90. The van der Waals surface area contributed by atoms with Crippen LogP contribution in [0.2, 0.25) is 0 Å². The normalized spacial score (nSPS) is 16.5. The number of carbonyl (C=O) groups is 1. The van der Waals surface area contributed by atoms with Crippen molar-refractivity contribution in [1.29, 1.82) is 0 Å². The molecule has 4 nitrogen and oxygen atoms in total. The van der Waals surface area contributed by atoms with E-state index in [1.807, 2.05) is 65.6 Å². The van der Waals surface area contributed by atoms with Crippen molar-refractivity contribution in [1.82, 2.24) is 14.5 Å². The molecule has 132 valence electrons. The average molecular weight is 353 g/mol. The van der Waals surface area contributed by atoms with Crippen molar-refractivity contribution < 1.29 is 4.79 Å². The first-order chi connectivity index (χ1) is 13.3. The molecule has 4 aromatic rings. The Hall–Kier alpha value is -3.40. The highest BCUT2D eigenvalue weighted by molar-refractivity contribution is 5.84. The summed E-state index contributed by atoms with van der Waals surface area (Å²) in [6.45, 7) is 0.897. The van der Waals surface area contributed by atoms with Crippen LogP contribution in [-0.4, -0.2) is 20.4 Å². The van der Waals surface area contributed by atoms with Crippen LogP contribution in [0.3, 0.4) is 0 Å². The molecule has 1 unspecified atom stereocenters. The zero-order valence-corrected chi connectivity index (χ0v) is 14.8. The molecule has 4 heteroatoms. The van der Waals surface area contributed by atoms with E-state index in [1.165, 1.54) is 0 Å². The third kappa shape index (κ3) is 2.70. The molecule has 0 N–H and O–H groups in total. The molecule has 0 fully saturated rings. The van der Waals surface area contributed by atoms with Gasteiger partial charge in [-0.25, -0.2) is 4.98 Å². The predicted molar refractivity (Wildman–Crippen MR) is 105 cm³/mol. The maximum absolute atomic E-state index is 13.2. The van der Waals surface area contributed by atoms with Crippen LogP contribution < -0.4 is 0 Å². The lowest BCUT2D eigenvalue weighted by Gasteiger charge is -2.36. The maximum Gasteiger partial charge on any atom is 0.243 e. The second-order valence-corrected chi connectivity index (χ2v) is 6.87. The van der Waals surface area contributed by atoms with E-state index in [9.17, 15) is 4.79 Å². The lowest BCUT2D eigenvalue weighted by molar-refractivity contribution is -0.136. The number of hydrogen-bond acceptors (Lipinski definition) is 2. The first kappa shape index (κ1) is 15.8. The van der Waals surface area contributed by atoms with Crippen molar-refractivity contribution in [2.24, 2.45) is 0 Å². The van der Waals surface area contributed by atoms with Crippen LogP contribution in [0.25, 0.3) is 11.0 Å². The molecule has 0 aliphatic carbocycles. The molecule has 27 heavy (non-hydrogen) atoms. The van der Waals surface area contributed by atoms with Crippen molar-refractivity contribution in [3.63, 3.8) is 0 Å². The molecule has 0 radical (unpaired) electrons. The Morgan fingerprint density at radius 2 is 1.52 bits per heavy atom. The van der Waals surface area contributed by atoms with Gasteiger partial charge in [0, 0.05) is 6.54 Å². The number of aromatic nitrogens is 2. The molecule has 5 rings (SSSR count). The second-order valence-electron chi connectivity index (χ2n) is 6.87. The minimum atomic E-state index is -0.194. The SMILES string of the molecule is O=C1Cn2c(nc3ccccc32)C(c2ccccc2)N1Cc1ccccc1. The minimum absolute atomic E-state index is 0.114. The van der Waals surface area contributed by atoms with E-state index in [-0.39, 0.29) is 11.9 Å². The number of fused-ring (bicyclic) bond motifs is 3. The van der Waals surface area contributed by atoms with E-state index in [0.29, 0.717) is 13.1 Å². The molecule has 1 aliphatic heterocycles. The van der Waals surface area contributed by atoms with Crippen LogP contribution in [0.15, 0.2) is 84.9 Å². The topological polar surface area (TPSA) is 38.1 Å². The van der Waals surface area contributed by atoms with Gasteiger partial charge in [-0.15, -0.1) is 0 Å². The predicted octanol–water partition coefficient (Wildman–Crippen LogP) is 4.17. The van der Waals surface area contributed by atoms with Crippen molar-refractivity contribution in [2.45, 2.75) is 19.1 Å². The minimum Gasteiger partial charge on any atom is -0.323 e. The molecule has 1 atom stereocenters. The van der Waals surface area contributed by atoms with E-state index in [4.69, 9.17) is 4.98 Å². The van der Waals surface area contributed by atoms with Crippen LogP contribution in [0, 0.1) is 0 Å². The van der Waals surface area contributed by atoms with Crippen molar-refractivity contribution in [3.8, 4) is 0 Å². The first-order valence-electron chi connectivity index (χ1n) is 9.15. The number of para-hydroxylation sites is 2. The highest BCUT2D eigenvalue weighted by atomic mass is 16.2. The fourth-order valence-electron chi connectivity index (χ4n) is 3.90. The third-order valence-electron chi connectivity index (χ3n) is 5.17.